The lowest BCUT2D eigenvalue weighted by Crippen LogP contribution is -2.39. The first-order valence-corrected chi connectivity index (χ1v) is 8.62. The summed E-state index contributed by atoms with van der Waals surface area (Å²) < 4.78 is 11.3. The van der Waals surface area contributed by atoms with E-state index in [-0.39, 0.29) is 5.63 Å². The Hall–Kier alpha value is -2.83. The maximum atomic E-state index is 12.3. The largest absolute Gasteiger partial charge is 0.480 e. The maximum absolute atomic E-state index is 12.3. The molecule has 7 nitrogen and oxygen atoms in total. The van der Waals surface area contributed by atoms with Crippen molar-refractivity contribution in [3.8, 4) is 5.75 Å². The van der Waals surface area contributed by atoms with Crippen LogP contribution in [-0.4, -0.2) is 29.6 Å². The molecule has 0 saturated heterocycles. The number of benzene rings is 1. The van der Waals surface area contributed by atoms with E-state index in [2.05, 4.69) is 5.32 Å². The quantitative estimate of drug-likeness (QED) is 0.791. The third-order valence-electron chi connectivity index (χ3n) is 4.52. The normalized spacial score (nSPS) is 14.5. The van der Waals surface area contributed by atoms with Gasteiger partial charge in [-0.1, -0.05) is 0 Å². The van der Waals surface area contributed by atoms with Gasteiger partial charge < -0.3 is 19.6 Å². The molecule has 26 heavy (non-hydrogen) atoms. The van der Waals surface area contributed by atoms with Crippen LogP contribution in [0.15, 0.2) is 21.3 Å². The summed E-state index contributed by atoms with van der Waals surface area (Å²) >= 11 is 0. The number of hydrogen-bond donors (Lipinski definition) is 2. The number of carboxylic acid groups (broad SMARTS) is 1. The van der Waals surface area contributed by atoms with Gasteiger partial charge in [-0.2, -0.15) is 0 Å². The molecule has 1 atom stereocenters. The third kappa shape index (κ3) is 3.56. The van der Waals surface area contributed by atoms with Crippen molar-refractivity contribution in [1.29, 1.82) is 0 Å². The number of carbonyl (C=O) groups excluding carboxylic acids is 1. The monoisotopic (exact) mass is 359 g/mol. The summed E-state index contributed by atoms with van der Waals surface area (Å²) in [4.78, 5) is 34.9. The van der Waals surface area contributed by atoms with Gasteiger partial charge in [0.25, 0.3) is 5.91 Å². The van der Waals surface area contributed by atoms with Crippen molar-refractivity contribution in [2.45, 2.75) is 45.6 Å². The van der Waals surface area contributed by atoms with Gasteiger partial charge in [0.15, 0.2) is 6.10 Å². The van der Waals surface area contributed by atoms with Gasteiger partial charge in [0.05, 0.1) is 5.39 Å². The van der Waals surface area contributed by atoms with Crippen molar-refractivity contribution in [2.75, 3.05) is 6.54 Å². The van der Waals surface area contributed by atoms with E-state index in [1.165, 1.54) is 0 Å². The second-order valence-corrected chi connectivity index (χ2v) is 6.56. The number of carbonyl (C=O) groups is 2. The van der Waals surface area contributed by atoms with Crippen LogP contribution in [-0.2, 0) is 22.4 Å². The molecule has 1 amide bonds. The predicted octanol–water partition coefficient (Wildman–Crippen LogP) is 1.95. The highest BCUT2D eigenvalue weighted by molar-refractivity contribution is 5.90. The number of carboxylic acids is 1. The van der Waals surface area contributed by atoms with Gasteiger partial charge in [-0.05, 0) is 62.8 Å². The first-order chi connectivity index (χ1) is 12.4. The molecular weight excluding hydrogens is 338 g/mol. The number of hydrogen-bond acceptors (Lipinski definition) is 5. The summed E-state index contributed by atoms with van der Waals surface area (Å²) in [7, 11) is 0. The SMILES string of the molecule is Cc1cc(O[C@H](C)C(=O)NCC(=O)O)c2c3c(c(=O)oc2c1)CCCC3. The van der Waals surface area contributed by atoms with E-state index in [0.717, 1.165) is 35.8 Å². The Kier molecular flexibility index (Phi) is 4.97. The highest BCUT2D eigenvalue weighted by Gasteiger charge is 2.23. The molecule has 0 aliphatic heterocycles. The highest BCUT2D eigenvalue weighted by atomic mass is 16.5. The Morgan fingerprint density at radius 3 is 2.65 bits per heavy atom. The van der Waals surface area contributed by atoms with E-state index < -0.39 is 24.5 Å². The van der Waals surface area contributed by atoms with Crippen LogP contribution in [0.25, 0.3) is 11.0 Å². The summed E-state index contributed by atoms with van der Waals surface area (Å²) in [6, 6.07) is 3.59. The molecule has 0 unspecified atom stereocenters. The van der Waals surface area contributed by atoms with E-state index >= 15 is 0 Å². The van der Waals surface area contributed by atoms with Crippen molar-refractivity contribution in [1.82, 2.24) is 5.32 Å². The minimum absolute atomic E-state index is 0.309. The van der Waals surface area contributed by atoms with Crippen LogP contribution in [0.1, 0.15) is 36.5 Å². The maximum Gasteiger partial charge on any atom is 0.339 e. The van der Waals surface area contributed by atoms with Gasteiger partial charge in [-0.15, -0.1) is 0 Å². The average Bonchev–Trinajstić information content (AvgIpc) is 2.59. The number of nitrogens with one attached hydrogen (secondary N) is 1. The van der Waals surface area contributed by atoms with Crippen molar-refractivity contribution in [2.24, 2.45) is 0 Å². The molecule has 1 aromatic heterocycles. The number of aliphatic carboxylic acids is 1. The van der Waals surface area contributed by atoms with Gasteiger partial charge >= 0.3 is 11.6 Å². The molecule has 2 N–H and O–H groups in total. The van der Waals surface area contributed by atoms with Crippen LogP contribution in [0, 0.1) is 6.92 Å². The van der Waals surface area contributed by atoms with Crippen LogP contribution in [0.5, 0.6) is 5.75 Å². The molecule has 7 heteroatoms. The molecule has 0 bridgehead atoms. The van der Waals surface area contributed by atoms with Crippen LogP contribution in [0.4, 0.5) is 0 Å². The summed E-state index contributed by atoms with van der Waals surface area (Å²) in [5.74, 6) is -1.17. The van der Waals surface area contributed by atoms with Crippen LogP contribution < -0.4 is 15.7 Å². The minimum Gasteiger partial charge on any atom is -0.480 e. The number of rotatable bonds is 5. The standard InChI is InChI=1S/C19H21NO6/c1-10-7-14(25-11(2)18(23)20-9-16(21)22)17-12-5-3-4-6-13(12)19(24)26-15(17)8-10/h7-8,11H,3-6,9H2,1-2H3,(H,20,23)(H,21,22)/t11-/m1/s1. The zero-order valence-corrected chi connectivity index (χ0v) is 14.8. The molecular formula is C19H21NO6. The average molecular weight is 359 g/mol. The summed E-state index contributed by atoms with van der Waals surface area (Å²) in [6.07, 6.45) is 2.48. The lowest BCUT2D eigenvalue weighted by atomic mass is 9.90. The van der Waals surface area contributed by atoms with Crippen molar-refractivity contribution >= 4 is 22.8 Å². The molecule has 1 aliphatic rings. The van der Waals surface area contributed by atoms with Crippen LogP contribution in [0.3, 0.4) is 0 Å². The Morgan fingerprint density at radius 2 is 1.96 bits per heavy atom. The van der Waals surface area contributed by atoms with E-state index in [1.54, 1.807) is 19.1 Å². The highest BCUT2D eigenvalue weighted by Crippen LogP contribution is 2.35. The minimum atomic E-state index is -1.12. The number of ether oxygens (including phenoxy) is 1. The van der Waals surface area contributed by atoms with Gasteiger partial charge in [0.1, 0.15) is 17.9 Å². The first-order valence-electron chi connectivity index (χ1n) is 8.62. The number of amides is 1. The smallest absolute Gasteiger partial charge is 0.339 e. The van der Waals surface area contributed by atoms with Gasteiger partial charge in [-0.3, -0.25) is 9.59 Å². The molecule has 1 heterocycles. The second-order valence-electron chi connectivity index (χ2n) is 6.56. The predicted molar refractivity (Wildman–Crippen MR) is 94.6 cm³/mol. The van der Waals surface area contributed by atoms with E-state index in [4.69, 9.17) is 14.3 Å². The lowest BCUT2D eigenvalue weighted by molar-refractivity contribution is -0.139. The fourth-order valence-corrected chi connectivity index (χ4v) is 3.31. The Bertz CT molecular complexity index is 930. The van der Waals surface area contributed by atoms with E-state index in [9.17, 15) is 14.4 Å². The second kappa shape index (κ2) is 7.19. The molecule has 0 saturated carbocycles. The Labute approximate surface area is 150 Å². The first kappa shape index (κ1) is 18.0. The molecule has 1 aliphatic carbocycles. The molecule has 138 valence electrons. The molecule has 1 aromatic carbocycles. The van der Waals surface area contributed by atoms with E-state index in [1.807, 2.05) is 6.92 Å². The van der Waals surface area contributed by atoms with Gasteiger partial charge in [-0.25, -0.2) is 4.79 Å². The Balaban J connectivity index is 2.01. The number of fused-ring (bicyclic) bond motifs is 3. The third-order valence-corrected chi connectivity index (χ3v) is 4.52. The molecule has 0 fully saturated rings. The molecule has 3 rings (SSSR count). The molecule has 2 aromatic rings. The van der Waals surface area contributed by atoms with Crippen molar-refractivity contribution < 1.29 is 23.8 Å². The van der Waals surface area contributed by atoms with E-state index in [0.29, 0.717) is 23.3 Å². The number of aryl methyl sites for hydroxylation is 2. The Morgan fingerprint density at radius 1 is 1.27 bits per heavy atom. The summed E-state index contributed by atoms with van der Waals surface area (Å²) in [6.45, 7) is 2.93. The van der Waals surface area contributed by atoms with Crippen LogP contribution in [0.2, 0.25) is 0 Å². The molecule has 0 spiro atoms. The summed E-state index contributed by atoms with van der Waals surface area (Å²) in [5, 5.41) is 11.7. The zero-order valence-electron chi connectivity index (χ0n) is 14.8. The zero-order chi connectivity index (χ0) is 18.8. The topological polar surface area (TPSA) is 106 Å². The van der Waals surface area contributed by atoms with Gasteiger partial charge in [0.2, 0.25) is 0 Å². The van der Waals surface area contributed by atoms with Crippen molar-refractivity contribution in [3.63, 3.8) is 0 Å². The fraction of sp³-hybridized carbons (Fsp3) is 0.421. The summed E-state index contributed by atoms with van der Waals surface area (Å²) in [5.41, 5.74) is 2.58. The fourth-order valence-electron chi connectivity index (χ4n) is 3.31. The van der Waals surface area contributed by atoms with Crippen molar-refractivity contribution in [3.05, 3.63) is 39.2 Å². The van der Waals surface area contributed by atoms with Gasteiger partial charge in [0, 0.05) is 5.56 Å². The van der Waals surface area contributed by atoms with Crippen LogP contribution >= 0.6 is 0 Å². The molecule has 0 radical (unpaired) electrons. The lowest BCUT2D eigenvalue weighted by Gasteiger charge is -2.20.